The second-order valence-corrected chi connectivity index (χ2v) is 4.22. The van der Waals surface area contributed by atoms with Crippen LogP contribution >= 0.6 is 0 Å². The van der Waals surface area contributed by atoms with Gasteiger partial charge in [0, 0.05) is 12.0 Å². The maximum absolute atomic E-state index is 11.2. The average Bonchev–Trinajstić information content (AvgIpc) is 2.72. The number of fused-ring (bicyclic) bond motifs is 1. The number of nitrogens with one attached hydrogen (secondary N) is 1. The molecule has 0 aliphatic heterocycles. The molecule has 0 amide bonds. The Morgan fingerprint density at radius 1 is 1.56 bits per heavy atom. The molecule has 2 N–H and O–H groups in total. The highest BCUT2D eigenvalue weighted by molar-refractivity contribution is 5.97. The third-order valence-corrected chi connectivity index (χ3v) is 2.93. The SMILES string of the molecule is CCCc1nc2c(C)c(OC)c(C(=O)O)cc2[nH]1. The van der Waals surface area contributed by atoms with Crippen molar-refractivity contribution in [3.8, 4) is 5.75 Å². The van der Waals surface area contributed by atoms with Gasteiger partial charge in [0.25, 0.3) is 0 Å². The summed E-state index contributed by atoms with van der Waals surface area (Å²) in [6.45, 7) is 3.90. The smallest absolute Gasteiger partial charge is 0.339 e. The first-order valence-electron chi connectivity index (χ1n) is 5.88. The first-order chi connectivity index (χ1) is 8.58. The summed E-state index contributed by atoms with van der Waals surface area (Å²) >= 11 is 0. The van der Waals surface area contributed by atoms with Crippen LogP contribution in [0.5, 0.6) is 5.75 Å². The van der Waals surface area contributed by atoms with Gasteiger partial charge in [-0.2, -0.15) is 0 Å². The van der Waals surface area contributed by atoms with Crippen LogP contribution in [-0.2, 0) is 6.42 Å². The van der Waals surface area contributed by atoms with Crippen molar-refractivity contribution in [3.05, 3.63) is 23.0 Å². The van der Waals surface area contributed by atoms with Crippen LogP contribution in [0.4, 0.5) is 0 Å². The third kappa shape index (κ3) is 1.92. The van der Waals surface area contributed by atoms with Crippen LogP contribution in [-0.4, -0.2) is 28.2 Å². The maximum Gasteiger partial charge on any atom is 0.339 e. The van der Waals surface area contributed by atoms with E-state index in [1.807, 2.05) is 6.92 Å². The molecule has 0 fully saturated rings. The van der Waals surface area contributed by atoms with Gasteiger partial charge in [-0.1, -0.05) is 6.92 Å². The lowest BCUT2D eigenvalue weighted by atomic mass is 10.1. The fourth-order valence-electron chi connectivity index (χ4n) is 2.12. The third-order valence-electron chi connectivity index (χ3n) is 2.93. The fraction of sp³-hybridized carbons (Fsp3) is 0.385. The average molecular weight is 248 g/mol. The molecular weight excluding hydrogens is 232 g/mol. The number of aromatic nitrogens is 2. The Labute approximate surface area is 105 Å². The Morgan fingerprint density at radius 2 is 2.28 bits per heavy atom. The van der Waals surface area contributed by atoms with E-state index in [2.05, 4.69) is 16.9 Å². The van der Waals surface area contributed by atoms with E-state index in [0.29, 0.717) is 5.75 Å². The summed E-state index contributed by atoms with van der Waals surface area (Å²) in [5.41, 5.74) is 2.44. The van der Waals surface area contributed by atoms with Crippen molar-refractivity contribution in [3.63, 3.8) is 0 Å². The van der Waals surface area contributed by atoms with Crippen molar-refractivity contribution in [1.29, 1.82) is 0 Å². The number of nitrogens with zero attached hydrogens (tertiary/aromatic N) is 1. The summed E-state index contributed by atoms with van der Waals surface area (Å²) in [7, 11) is 1.47. The van der Waals surface area contributed by atoms with Gasteiger partial charge in [0.05, 0.1) is 18.1 Å². The molecular formula is C13H16N2O3. The molecule has 18 heavy (non-hydrogen) atoms. The zero-order valence-electron chi connectivity index (χ0n) is 10.7. The number of aryl methyl sites for hydroxylation is 2. The summed E-state index contributed by atoms with van der Waals surface area (Å²) in [5.74, 6) is 0.258. The summed E-state index contributed by atoms with van der Waals surface area (Å²) in [6, 6.07) is 1.58. The first-order valence-corrected chi connectivity index (χ1v) is 5.88. The van der Waals surface area contributed by atoms with Crippen molar-refractivity contribution in [1.82, 2.24) is 9.97 Å². The summed E-state index contributed by atoms with van der Waals surface area (Å²) in [4.78, 5) is 18.8. The molecule has 0 saturated heterocycles. The lowest BCUT2D eigenvalue weighted by molar-refractivity contribution is 0.0693. The highest BCUT2D eigenvalue weighted by Gasteiger charge is 2.18. The van der Waals surface area contributed by atoms with Gasteiger partial charge in [-0.25, -0.2) is 9.78 Å². The maximum atomic E-state index is 11.2. The van der Waals surface area contributed by atoms with Gasteiger partial charge in [-0.3, -0.25) is 0 Å². The molecule has 0 atom stereocenters. The van der Waals surface area contributed by atoms with Gasteiger partial charge in [0.15, 0.2) is 0 Å². The first kappa shape index (κ1) is 12.4. The van der Waals surface area contributed by atoms with Crippen LogP contribution in [0.25, 0.3) is 11.0 Å². The Kier molecular flexibility index (Phi) is 3.23. The predicted octanol–water partition coefficient (Wildman–Crippen LogP) is 2.53. The van der Waals surface area contributed by atoms with E-state index in [4.69, 9.17) is 4.74 Å². The van der Waals surface area contributed by atoms with Gasteiger partial charge in [0.1, 0.15) is 17.1 Å². The van der Waals surface area contributed by atoms with Crippen LogP contribution in [0.1, 0.15) is 35.1 Å². The topological polar surface area (TPSA) is 75.2 Å². The number of carbonyl (C=O) groups is 1. The number of imidazole rings is 1. The number of hydrogen-bond acceptors (Lipinski definition) is 3. The molecule has 0 saturated carbocycles. The van der Waals surface area contributed by atoms with Crippen LogP contribution in [0.2, 0.25) is 0 Å². The molecule has 0 bridgehead atoms. The molecule has 0 radical (unpaired) electrons. The standard InChI is InChI=1S/C13H16N2O3/c1-4-5-10-14-9-6-8(13(16)17)12(18-3)7(2)11(9)15-10/h6H,4-5H2,1-3H3,(H,14,15)(H,16,17). The van der Waals surface area contributed by atoms with Gasteiger partial charge in [-0.05, 0) is 19.4 Å². The van der Waals surface area contributed by atoms with Crippen LogP contribution in [0.3, 0.4) is 0 Å². The largest absolute Gasteiger partial charge is 0.495 e. The molecule has 0 aliphatic carbocycles. The van der Waals surface area contributed by atoms with Crippen LogP contribution in [0.15, 0.2) is 6.07 Å². The quantitative estimate of drug-likeness (QED) is 0.871. The van der Waals surface area contributed by atoms with Gasteiger partial charge >= 0.3 is 5.97 Å². The number of rotatable bonds is 4. The summed E-state index contributed by atoms with van der Waals surface area (Å²) in [6.07, 6.45) is 1.83. The Balaban J connectivity index is 2.70. The molecule has 1 aromatic heterocycles. The Hall–Kier alpha value is -2.04. The van der Waals surface area contributed by atoms with Gasteiger partial charge in [-0.15, -0.1) is 0 Å². The molecule has 1 heterocycles. The zero-order chi connectivity index (χ0) is 13.3. The van der Waals surface area contributed by atoms with Gasteiger partial charge < -0.3 is 14.8 Å². The minimum Gasteiger partial charge on any atom is -0.495 e. The van der Waals surface area contributed by atoms with E-state index in [0.717, 1.165) is 35.3 Å². The fourth-order valence-corrected chi connectivity index (χ4v) is 2.12. The highest BCUT2D eigenvalue weighted by atomic mass is 16.5. The monoisotopic (exact) mass is 248 g/mol. The number of carboxylic acids is 1. The molecule has 96 valence electrons. The van der Waals surface area contributed by atoms with Gasteiger partial charge in [0.2, 0.25) is 0 Å². The van der Waals surface area contributed by atoms with Crippen molar-refractivity contribution < 1.29 is 14.6 Å². The van der Waals surface area contributed by atoms with Crippen molar-refractivity contribution >= 4 is 17.0 Å². The minimum atomic E-state index is -0.997. The summed E-state index contributed by atoms with van der Waals surface area (Å²) in [5, 5.41) is 9.18. The Bertz CT molecular complexity index is 602. The lowest BCUT2D eigenvalue weighted by Crippen LogP contribution is -2.02. The van der Waals surface area contributed by atoms with Crippen LogP contribution < -0.4 is 4.74 Å². The lowest BCUT2D eigenvalue weighted by Gasteiger charge is -2.08. The highest BCUT2D eigenvalue weighted by Crippen LogP contribution is 2.30. The molecule has 2 rings (SSSR count). The summed E-state index contributed by atoms with van der Waals surface area (Å²) < 4.78 is 5.18. The number of benzene rings is 1. The molecule has 2 aromatic rings. The number of H-pyrrole nitrogens is 1. The van der Waals surface area contributed by atoms with Crippen LogP contribution in [0, 0.1) is 6.92 Å². The van der Waals surface area contributed by atoms with Crippen molar-refractivity contribution in [2.24, 2.45) is 0 Å². The second kappa shape index (κ2) is 4.68. The van der Waals surface area contributed by atoms with Crippen molar-refractivity contribution in [2.75, 3.05) is 7.11 Å². The van der Waals surface area contributed by atoms with E-state index >= 15 is 0 Å². The van der Waals surface area contributed by atoms with E-state index < -0.39 is 5.97 Å². The molecule has 5 nitrogen and oxygen atoms in total. The van der Waals surface area contributed by atoms with E-state index in [1.165, 1.54) is 7.11 Å². The molecule has 1 aromatic carbocycles. The number of hydrogen-bond donors (Lipinski definition) is 2. The number of carboxylic acid groups (broad SMARTS) is 1. The normalized spacial score (nSPS) is 10.8. The molecule has 0 aliphatic rings. The van der Waals surface area contributed by atoms with E-state index in [1.54, 1.807) is 6.07 Å². The number of aromatic carboxylic acids is 1. The van der Waals surface area contributed by atoms with E-state index in [9.17, 15) is 9.90 Å². The number of methoxy groups -OCH3 is 1. The minimum absolute atomic E-state index is 0.161. The molecule has 0 unspecified atom stereocenters. The zero-order valence-corrected chi connectivity index (χ0v) is 10.7. The number of ether oxygens (including phenoxy) is 1. The van der Waals surface area contributed by atoms with Crippen molar-refractivity contribution in [2.45, 2.75) is 26.7 Å². The Morgan fingerprint density at radius 3 is 2.83 bits per heavy atom. The molecule has 0 spiro atoms. The molecule has 5 heteroatoms. The second-order valence-electron chi connectivity index (χ2n) is 4.22. The van der Waals surface area contributed by atoms with E-state index in [-0.39, 0.29) is 5.56 Å². The predicted molar refractivity (Wildman–Crippen MR) is 68.3 cm³/mol. The number of aromatic amines is 1.